The predicted octanol–water partition coefficient (Wildman–Crippen LogP) is 4.75. The lowest BCUT2D eigenvalue weighted by Gasteiger charge is -2.17. The van der Waals surface area contributed by atoms with Crippen molar-refractivity contribution in [3.63, 3.8) is 0 Å². The lowest BCUT2D eigenvalue weighted by molar-refractivity contribution is 0.0953. The number of benzene rings is 3. The molecule has 0 unspecified atom stereocenters. The first-order valence-corrected chi connectivity index (χ1v) is 11.3. The molecule has 0 bridgehead atoms. The largest absolute Gasteiger partial charge is 0.415 e. The number of amides is 3. The molecule has 0 atom stereocenters. The summed E-state index contributed by atoms with van der Waals surface area (Å²) in [5.41, 5.74) is 2.72. The van der Waals surface area contributed by atoms with Crippen molar-refractivity contribution in [1.29, 1.82) is 0 Å². The standard InChI is InChI=1S/C27H29N3O4/c1-3-30(4-2)27(33)34-24-15-13-22(14-16-24)26(32)29-23-12-8-9-20(19-23)17-18-28-25(31)21-10-6-5-7-11-21/h5-16,19H,3-4,17-18H2,1-2H3,(H,28,31)(H,29,32). The zero-order chi connectivity index (χ0) is 24.3. The number of nitrogens with one attached hydrogen (secondary N) is 2. The fourth-order valence-electron chi connectivity index (χ4n) is 3.34. The third-order valence-electron chi connectivity index (χ3n) is 5.26. The minimum atomic E-state index is -0.418. The van der Waals surface area contributed by atoms with Crippen molar-refractivity contribution in [1.82, 2.24) is 10.2 Å². The molecule has 2 N–H and O–H groups in total. The Hall–Kier alpha value is -4.13. The molecule has 0 heterocycles. The topological polar surface area (TPSA) is 87.7 Å². The van der Waals surface area contributed by atoms with E-state index >= 15 is 0 Å². The van der Waals surface area contributed by atoms with Crippen LogP contribution in [0.15, 0.2) is 78.9 Å². The summed E-state index contributed by atoms with van der Waals surface area (Å²) in [5.74, 6) is 0.000396. The Kier molecular flexibility index (Phi) is 8.80. The highest BCUT2D eigenvalue weighted by atomic mass is 16.6. The van der Waals surface area contributed by atoms with E-state index in [1.54, 1.807) is 41.3 Å². The van der Waals surface area contributed by atoms with Gasteiger partial charge >= 0.3 is 6.09 Å². The molecule has 0 aliphatic heterocycles. The molecule has 34 heavy (non-hydrogen) atoms. The average molecular weight is 460 g/mol. The van der Waals surface area contributed by atoms with E-state index in [1.807, 2.05) is 56.3 Å². The first-order valence-electron chi connectivity index (χ1n) is 11.3. The number of nitrogens with zero attached hydrogens (tertiary/aromatic N) is 1. The van der Waals surface area contributed by atoms with E-state index in [4.69, 9.17) is 4.74 Å². The normalized spacial score (nSPS) is 10.3. The van der Waals surface area contributed by atoms with Gasteiger partial charge in [0.1, 0.15) is 5.75 Å². The van der Waals surface area contributed by atoms with Crippen molar-refractivity contribution in [3.8, 4) is 5.75 Å². The summed E-state index contributed by atoms with van der Waals surface area (Å²) >= 11 is 0. The van der Waals surface area contributed by atoms with Crippen LogP contribution in [-0.2, 0) is 6.42 Å². The van der Waals surface area contributed by atoms with Crippen molar-refractivity contribution in [2.75, 3.05) is 25.0 Å². The SMILES string of the molecule is CCN(CC)C(=O)Oc1ccc(C(=O)Nc2cccc(CCNC(=O)c3ccccc3)c2)cc1. The fraction of sp³-hybridized carbons (Fsp3) is 0.222. The van der Waals surface area contributed by atoms with E-state index in [9.17, 15) is 14.4 Å². The summed E-state index contributed by atoms with van der Waals surface area (Å²) in [7, 11) is 0. The lowest BCUT2D eigenvalue weighted by atomic mass is 10.1. The maximum absolute atomic E-state index is 12.6. The smallest absolute Gasteiger partial charge is 0.410 e. The molecule has 0 aliphatic rings. The molecule has 3 aromatic rings. The maximum atomic E-state index is 12.6. The van der Waals surface area contributed by atoms with Crippen LogP contribution in [0.2, 0.25) is 0 Å². The summed E-state index contributed by atoms with van der Waals surface area (Å²) in [6.07, 6.45) is 0.216. The van der Waals surface area contributed by atoms with Gasteiger partial charge in [0.25, 0.3) is 11.8 Å². The van der Waals surface area contributed by atoms with Crippen molar-refractivity contribution >= 4 is 23.6 Å². The monoisotopic (exact) mass is 459 g/mol. The second-order valence-electron chi connectivity index (χ2n) is 7.59. The van der Waals surface area contributed by atoms with Gasteiger partial charge in [-0.2, -0.15) is 0 Å². The molecule has 3 aromatic carbocycles. The molecule has 0 fully saturated rings. The number of carbonyl (C=O) groups excluding carboxylic acids is 3. The lowest BCUT2D eigenvalue weighted by Crippen LogP contribution is -2.33. The van der Waals surface area contributed by atoms with Gasteiger partial charge in [-0.05, 0) is 74.4 Å². The molecule has 3 amide bonds. The average Bonchev–Trinajstić information content (AvgIpc) is 2.86. The van der Waals surface area contributed by atoms with Crippen LogP contribution < -0.4 is 15.4 Å². The molecular formula is C27H29N3O4. The Morgan fingerprint density at radius 1 is 0.794 bits per heavy atom. The minimum absolute atomic E-state index is 0.115. The highest BCUT2D eigenvalue weighted by Gasteiger charge is 2.13. The van der Waals surface area contributed by atoms with Gasteiger partial charge in [-0.1, -0.05) is 30.3 Å². The van der Waals surface area contributed by atoms with Gasteiger partial charge in [0, 0.05) is 36.4 Å². The number of carbonyl (C=O) groups is 3. The third kappa shape index (κ3) is 6.93. The Labute approximate surface area is 199 Å². The zero-order valence-corrected chi connectivity index (χ0v) is 19.4. The number of anilines is 1. The third-order valence-corrected chi connectivity index (χ3v) is 5.26. The van der Waals surface area contributed by atoms with E-state index in [1.165, 1.54) is 0 Å². The molecule has 7 heteroatoms. The predicted molar refractivity (Wildman–Crippen MR) is 132 cm³/mol. The van der Waals surface area contributed by atoms with Crippen molar-refractivity contribution < 1.29 is 19.1 Å². The van der Waals surface area contributed by atoms with Gasteiger partial charge in [-0.25, -0.2) is 4.79 Å². The van der Waals surface area contributed by atoms with Crippen LogP contribution in [0.4, 0.5) is 10.5 Å². The molecule has 3 rings (SSSR count). The second kappa shape index (κ2) is 12.2. The van der Waals surface area contributed by atoms with Gasteiger partial charge in [0.15, 0.2) is 0 Å². The molecule has 0 spiro atoms. The molecule has 0 radical (unpaired) electrons. The minimum Gasteiger partial charge on any atom is -0.410 e. The molecular weight excluding hydrogens is 430 g/mol. The van der Waals surface area contributed by atoms with Gasteiger partial charge < -0.3 is 20.3 Å². The highest BCUT2D eigenvalue weighted by Crippen LogP contribution is 2.16. The Balaban J connectivity index is 1.52. The van der Waals surface area contributed by atoms with Gasteiger partial charge in [0.2, 0.25) is 0 Å². The molecule has 0 aromatic heterocycles. The van der Waals surface area contributed by atoms with Crippen LogP contribution in [0.5, 0.6) is 5.75 Å². The van der Waals surface area contributed by atoms with Gasteiger partial charge in [-0.3, -0.25) is 9.59 Å². The van der Waals surface area contributed by atoms with Crippen LogP contribution in [0.25, 0.3) is 0 Å². The Morgan fingerprint density at radius 3 is 2.15 bits per heavy atom. The quantitative estimate of drug-likeness (QED) is 0.483. The van der Waals surface area contributed by atoms with E-state index in [0.29, 0.717) is 48.6 Å². The van der Waals surface area contributed by atoms with Crippen LogP contribution in [0.3, 0.4) is 0 Å². The molecule has 0 aliphatic carbocycles. The number of hydrogen-bond donors (Lipinski definition) is 2. The van der Waals surface area contributed by atoms with Crippen molar-refractivity contribution in [2.24, 2.45) is 0 Å². The summed E-state index contributed by atoms with van der Waals surface area (Å²) in [6, 6.07) is 23.0. The first kappa shape index (κ1) is 24.5. The van der Waals surface area contributed by atoms with Crippen LogP contribution in [0, 0.1) is 0 Å². The van der Waals surface area contributed by atoms with E-state index in [-0.39, 0.29) is 11.8 Å². The maximum Gasteiger partial charge on any atom is 0.415 e. The van der Waals surface area contributed by atoms with Crippen molar-refractivity contribution in [3.05, 3.63) is 95.6 Å². The number of hydrogen-bond acceptors (Lipinski definition) is 4. The summed E-state index contributed by atoms with van der Waals surface area (Å²) in [6.45, 7) is 5.38. The number of ether oxygens (including phenoxy) is 1. The molecule has 7 nitrogen and oxygen atoms in total. The fourth-order valence-corrected chi connectivity index (χ4v) is 3.34. The van der Waals surface area contributed by atoms with Gasteiger partial charge in [0.05, 0.1) is 0 Å². The summed E-state index contributed by atoms with van der Waals surface area (Å²) in [4.78, 5) is 38.4. The van der Waals surface area contributed by atoms with Crippen LogP contribution in [0.1, 0.15) is 40.1 Å². The summed E-state index contributed by atoms with van der Waals surface area (Å²) < 4.78 is 5.33. The molecule has 0 saturated carbocycles. The zero-order valence-electron chi connectivity index (χ0n) is 19.4. The Bertz CT molecular complexity index is 1110. The van der Waals surface area contributed by atoms with Crippen LogP contribution >= 0.6 is 0 Å². The molecule has 0 saturated heterocycles. The van der Waals surface area contributed by atoms with E-state index < -0.39 is 6.09 Å². The molecule has 176 valence electrons. The van der Waals surface area contributed by atoms with Crippen molar-refractivity contribution in [2.45, 2.75) is 20.3 Å². The van der Waals surface area contributed by atoms with E-state index in [2.05, 4.69) is 10.6 Å². The van der Waals surface area contributed by atoms with Gasteiger partial charge in [-0.15, -0.1) is 0 Å². The van der Waals surface area contributed by atoms with Crippen LogP contribution in [-0.4, -0.2) is 42.4 Å². The Morgan fingerprint density at radius 2 is 1.47 bits per heavy atom. The summed E-state index contributed by atoms with van der Waals surface area (Å²) in [5, 5.41) is 5.78. The highest BCUT2D eigenvalue weighted by molar-refractivity contribution is 6.04. The first-order chi connectivity index (χ1) is 16.5. The number of rotatable bonds is 9. The van der Waals surface area contributed by atoms with E-state index in [0.717, 1.165) is 5.56 Å². The second-order valence-corrected chi connectivity index (χ2v) is 7.59.